The number of likely N-dealkylation sites (N-methyl/N-ethyl adjacent to an activating group) is 1. The van der Waals surface area contributed by atoms with Crippen molar-refractivity contribution in [3.8, 4) is 0 Å². The van der Waals surface area contributed by atoms with E-state index in [2.05, 4.69) is 15.5 Å². The second-order valence-corrected chi connectivity index (χ2v) is 5.19. The molecule has 7 nitrogen and oxygen atoms in total. The Morgan fingerprint density at radius 2 is 2.29 bits per heavy atom. The molecule has 2 amide bonds. The molecule has 0 aromatic carbocycles. The Morgan fingerprint density at radius 3 is 2.90 bits per heavy atom. The van der Waals surface area contributed by atoms with Crippen LogP contribution >= 0.6 is 0 Å². The van der Waals surface area contributed by atoms with Crippen LogP contribution in [0.2, 0.25) is 0 Å². The first-order chi connectivity index (χ1) is 10.0. The van der Waals surface area contributed by atoms with Crippen molar-refractivity contribution in [2.75, 3.05) is 27.3 Å². The van der Waals surface area contributed by atoms with Gasteiger partial charge in [-0.15, -0.1) is 0 Å². The molecule has 1 saturated heterocycles. The predicted octanol–water partition coefficient (Wildman–Crippen LogP) is 0.152. The number of amides is 2. The van der Waals surface area contributed by atoms with Crippen LogP contribution in [0.15, 0.2) is 12.3 Å². The SMILES string of the molecule is CNC(=O)C1(COC)CCCN1C(=O)c1cnnc(C)c1. The number of hydrogen-bond acceptors (Lipinski definition) is 5. The van der Waals surface area contributed by atoms with E-state index in [0.29, 0.717) is 24.2 Å². The standard InChI is InChI=1S/C14H20N4O3/c1-10-7-11(8-16-17-10)12(19)18-6-4-5-14(18,9-21-3)13(20)15-2/h7-8H,4-6,9H2,1-3H3,(H,15,20). The van der Waals surface area contributed by atoms with E-state index in [-0.39, 0.29) is 18.4 Å². The number of methoxy groups -OCH3 is 1. The number of ether oxygens (including phenoxy) is 1. The number of carbonyl (C=O) groups excluding carboxylic acids is 2. The van der Waals surface area contributed by atoms with Crippen LogP contribution in [-0.4, -0.2) is 59.8 Å². The van der Waals surface area contributed by atoms with Crippen molar-refractivity contribution in [2.45, 2.75) is 25.3 Å². The van der Waals surface area contributed by atoms with Crippen molar-refractivity contribution in [2.24, 2.45) is 0 Å². The van der Waals surface area contributed by atoms with Gasteiger partial charge >= 0.3 is 0 Å². The zero-order valence-corrected chi connectivity index (χ0v) is 12.5. The molecule has 1 aromatic heterocycles. The van der Waals surface area contributed by atoms with Crippen molar-refractivity contribution in [1.29, 1.82) is 0 Å². The average Bonchev–Trinajstić information content (AvgIpc) is 2.91. The van der Waals surface area contributed by atoms with Gasteiger partial charge in [-0.3, -0.25) is 9.59 Å². The Hall–Kier alpha value is -2.02. The average molecular weight is 292 g/mol. The van der Waals surface area contributed by atoms with E-state index < -0.39 is 5.54 Å². The van der Waals surface area contributed by atoms with Gasteiger partial charge in [0, 0.05) is 20.7 Å². The molecule has 21 heavy (non-hydrogen) atoms. The van der Waals surface area contributed by atoms with Gasteiger partial charge in [-0.2, -0.15) is 10.2 Å². The minimum absolute atomic E-state index is 0.176. The third-order valence-electron chi connectivity index (χ3n) is 3.79. The summed E-state index contributed by atoms with van der Waals surface area (Å²) in [5.74, 6) is -0.417. The van der Waals surface area contributed by atoms with Gasteiger partial charge in [-0.05, 0) is 25.8 Å². The lowest BCUT2D eigenvalue weighted by molar-refractivity contribution is -0.133. The van der Waals surface area contributed by atoms with Crippen molar-refractivity contribution >= 4 is 11.8 Å². The highest BCUT2D eigenvalue weighted by Crippen LogP contribution is 2.31. The zero-order chi connectivity index (χ0) is 15.5. The fourth-order valence-corrected chi connectivity index (χ4v) is 2.84. The summed E-state index contributed by atoms with van der Waals surface area (Å²) in [7, 11) is 3.10. The Labute approximate surface area is 123 Å². The van der Waals surface area contributed by atoms with Gasteiger partial charge in [0.1, 0.15) is 5.54 Å². The second kappa shape index (κ2) is 6.17. The Bertz CT molecular complexity index is 549. The highest BCUT2D eigenvalue weighted by molar-refractivity contribution is 5.99. The van der Waals surface area contributed by atoms with Gasteiger partial charge in [-0.25, -0.2) is 0 Å². The summed E-state index contributed by atoms with van der Waals surface area (Å²) in [5.41, 5.74) is 0.156. The fourth-order valence-electron chi connectivity index (χ4n) is 2.84. The molecule has 1 unspecified atom stereocenters. The maximum Gasteiger partial charge on any atom is 0.256 e. The first kappa shape index (κ1) is 15.4. The summed E-state index contributed by atoms with van der Waals surface area (Å²) in [6.45, 7) is 2.47. The van der Waals surface area contributed by atoms with Crippen LogP contribution in [-0.2, 0) is 9.53 Å². The number of rotatable bonds is 4. The summed E-state index contributed by atoms with van der Waals surface area (Å²) >= 11 is 0. The summed E-state index contributed by atoms with van der Waals surface area (Å²) in [5, 5.41) is 10.3. The van der Waals surface area contributed by atoms with E-state index in [1.165, 1.54) is 13.3 Å². The molecule has 0 radical (unpaired) electrons. The summed E-state index contributed by atoms with van der Waals surface area (Å²) < 4.78 is 5.21. The highest BCUT2D eigenvalue weighted by atomic mass is 16.5. The molecule has 1 atom stereocenters. The molecule has 2 heterocycles. The Balaban J connectivity index is 2.36. The van der Waals surface area contributed by atoms with E-state index in [1.807, 2.05) is 0 Å². The Morgan fingerprint density at radius 1 is 1.52 bits per heavy atom. The molecule has 114 valence electrons. The number of aryl methyl sites for hydroxylation is 1. The molecule has 0 aliphatic carbocycles. The summed E-state index contributed by atoms with van der Waals surface area (Å²) in [6, 6.07) is 1.68. The van der Waals surface area contributed by atoms with Crippen molar-refractivity contribution in [3.63, 3.8) is 0 Å². The molecule has 1 aliphatic heterocycles. The third kappa shape index (κ3) is 2.73. The molecule has 0 spiro atoms. The van der Waals surface area contributed by atoms with E-state index in [0.717, 1.165) is 6.42 Å². The molecule has 0 bridgehead atoms. The quantitative estimate of drug-likeness (QED) is 0.854. The first-order valence-corrected chi connectivity index (χ1v) is 6.87. The summed E-state index contributed by atoms with van der Waals surface area (Å²) in [6.07, 6.45) is 2.78. The first-order valence-electron chi connectivity index (χ1n) is 6.87. The van der Waals surface area contributed by atoms with Gasteiger partial charge in [0.15, 0.2) is 0 Å². The van der Waals surface area contributed by atoms with Gasteiger partial charge in [-0.1, -0.05) is 0 Å². The van der Waals surface area contributed by atoms with E-state index in [4.69, 9.17) is 4.74 Å². The molecule has 7 heteroatoms. The number of nitrogens with zero attached hydrogens (tertiary/aromatic N) is 3. The van der Waals surface area contributed by atoms with E-state index in [9.17, 15) is 9.59 Å². The monoisotopic (exact) mass is 292 g/mol. The van der Waals surface area contributed by atoms with Crippen molar-refractivity contribution in [3.05, 3.63) is 23.5 Å². The van der Waals surface area contributed by atoms with Crippen LogP contribution in [0.25, 0.3) is 0 Å². The lowest BCUT2D eigenvalue weighted by atomic mass is 9.95. The van der Waals surface area contributed by atoms with Gasteiger partial charge in [0.2, 0.25) is 5.91 Å². The van der Waals surface area contributed by atoms with Crippen LogP contribution in [0.4, 0.5) is 0 Å². The largest absolute Gasteiger partial charge is 0.382 e. The third-order valence-corrected chi connectivity index (χ3v) is 3.79. The molecular weight excluding hydrogens is 272 g/mol. The van der Waals surface area contributed by atoms with Crippen molar-refractivity contribution < 1.29 is 14.3 Å². The fraction of sp³-hybridized carbons (Fsp3) is 0.571. The minimum Gasteiger partial charge on any atom is -0.382 e. The van der Waals surface area contributed by atoms with Gasteiger partial charge in [0.25, 0.3) is 5.91 Å². The zero-order valence-electron chi connectivity index (χ0n) is 12.5. The number of nitrogens with one attached hydrogen (secondary N) is 1. The number of likely N-dealkylation sites (tertiary alicyclic amines) is 1. The van der Waals surface area contributed by atoms with Crippen LogP contribution in [0, 0.1) is 6.92 Å². The molecular formula is C14H20N4O3. The lowest BCUT2D eigenvalue weighted by Gasteiger charge is -2.36. The Kier molecular flexibility index (Phi) is 4.52. The lowest BCUT2D eigenvalue weighted by Crippen LogP contribution is -2.59. The smallest absolute Gasteiger partial charge is 0.256 e. The van der Waals surface area contributed by atoms with E-state index in [1.54, 1.807) is 24.9 Å². The van der Waals surface area contributed by atoms with Crippen LogP contribution < -0.4 is 5.32 Å². The topological polar surface area (TPSA) is 84.4 Å². The second-order valence-electron chi connectivity index (χ2n) is 5.19. The normalized spacial score (nSPS) is 21.4. The highest BCUT2D eigenvalue weighted by Gasteiger charge is 2.49. The molecule has 2 rings (SSSR count). The molecule has 1 aromatic rings. The number of hydrogen-bond donors (Lipinski definition) is 1. The molecule has 1 N–H and O–H groups in total. The van der Waals surface area contributed by atoms with Crippen LogP contribution in [0.3, 0.4) is 0 Å². The number of carbonyl (C=O) groups is 2. The van der Waals surface area contributed by atoms with Gasteiger partial charge in [0.05, 0.1) is 24.1 Å². The minimum atomic E-state index is -0.947. The molecule has 1 aliphatic rings. The predicted molar refractivity (Wildman–Crippen MR) is 75.7 cm³/mol. The van der Waals surface area contributed by atoms with Crippen LogP contribution in [0.5, 0.6) is 0 Å². The maximum absolute atomic E-state index is 12.7. The molecule has 1 fully saturated rings. The van der Waals surface area contributed by atoms with Crippen molar-refractivity contribution in [1.82, 2.24) is 20.4 Å². The van der Waals surface area contributed by atoms with Crippen LogP contribution in [0.1, 0.15) is 28.9 Å². The number of aromatic nitrogens is 2. The maximum atomic E-state index is 12.7. The van der Waals surface area contributed by atoms with E-state index >= 15 is 0 Å². The van der Waals surface area contributed by atoms with Gasteiger partial charge < -0.3 is 15.0 Å². The summed E-state index contributed by atoms with van der Waals surface area (Å²) in [4.78, 5) is 26.6. The molecule has 0 saturated carbocycles.